The van der Waals surface area contributed by atoms with E-state index in [4.69, 9.17) is 20.9 Å². The first-order valence-electron chi connectivity index (χ1n) is 10.4. The van der Waals surface area contributed by atoms with Gasteiger partial charge in [0.05, 0.1) is 11.3 Å². The summed E-state index contributed by atoms with van der Waals surface area (Å²) in [6.45, 7) is 6.05. The van der Waals surface area contributed by atoms with Crippen molar-refractivity contribution >= 4 is 23.4 Å². The molecule has 8 heteroatoms. The van der Waals surface area contributed by atoms with Crippen LogP contribution in [-0.4, -0.2) is 52.9 Å². The van der Waals surface area contributed by atoms with E-state index in [2.05, 4.69) is 5.16 Å². The van der Waals surface area contributed by atoms with Gasteiger partial charge >= 0.3 is 0 Å². The normalized spacial score (nSPS) is 13.8. The number of halogens is 1. The number of hydrogen-bond donors (Lipinski definition) is 0. The summed E-state index contributed by atoms with van der Waals surface area (Å²) in [6.07, 6.45) is 0. The van der Waals surface area contributed by atoms with Crippen LogP contribution in [-0.2, 0) is 6.61 Å². The van der Waals surface area contributed by atoms with Crippen molar-refractivity contribution in [1.29, 1.82) is 0 Å². The minimum atomic E-state index is -0.0548. The van der Waals surface area contributed by atoms with E-state index in [9.17, 15) is 9.59 Å². The van der Waals surface area contributed by atoms with E-state index in [1.54, 1.807) is 58.3 Å². The highest BCUT2D eigenvalue weighted by Crippen LogP contribution is 2.19. The lowest BCUT2D eigenvalue weighted by atomic mass is 10.1. The molecule has 2 amide bonds. The number of rotatable bonds is 5. The van der Waals surface area contributed by atoms with Crippen LogP contribution in [0.25, 0.3) is 0 Å². The summed E-state index contributed by atoms with van der Waals surface area (Å²) in [6, 6.07) is 13.9. The van der Waals surface area contributed by atoms with Crippen LogP contribution in [0.4, 0.5) is 0 Å². The molecule has 1 aliphatic rings. The summed E-state index contributed by atoms with van der Waals surface area (Å²) < 4.78 is 10.9. The number of hydrogen-bond acceptors (Lipinski definition) is 5. The van der Waals surface area contributed by atoms with Crippen LogP contribution in [0.1, 0.15) is 37.7 Å². The van der Waals surface area contributed by atoms with Crippen LogP contribution in [0.5, 0.6) is 5.75 Å². The Hall–Kier alpha value is -3.32. The predicted octanol–water partition coefficient (Wildman–Crippen LogP) is 4.12. The highest BCUT2D eigenvalue weighted by Gasteiger charge is 2.25. The summed E-state index contributed by atoms with van der Waals surface area (Å²) >= 11 is 5.89. The number of aryl methyl sites for hydroxylation is 2. The molecule has 0 aliphatic carbocycles. The molecule has 7 nitrogen and oxygen atoms in total. The SMILES string of the molecule is Cc1noc(C)c1COc1ccc(C(=O)N2CCN(C(=O)c3ccc(Cl)cc3)CC2)cc1. The van der Waals surface area contributed by atoms with E-state index in [1.807, 2.05) is 13.8 Å². The number of aromatic nitrogens is 1. The van der Waals surface area contributed by atoms with Gasteiger partial charge in [0, 0.05) is 42.3 Å². The Balaban J connectivity index is 1.31. The molecule has 1 saturated heterocycles. The maximum atomic E-state index is 12.9. The summed E-state index contributed by atoms with van der Waals surface area (Å²) in [5.41, 5.74) is 2.92. The predicted molar refractivity (Wildman–Crippen MR) is 120 cm³/mol. The lowest BCUT2D eigenvalue weighted by Crippen LogP contribution is -2.50. The maximum absolute atomic E-state index is 12.9. The number of nitrogens with zero attached hydrogens (tertiary/aromatic N) is 3. The largest absolute Gasteiger partial charge is 0.489 e. The number of amides is 2. The fourth-order valence-electron chi connectivity index (χ4n) is 3.63. The summed E-state index contributed by atoms with van der Waals surface area (Å²) in [5.74, 6) is 1.30. The van der Waals surface area contributed by atoms with Gasteiger partial charge < -0.3 is 19.1 Å². The van der Waals surface area contributed by atoms with Crippen LogP contribution in [0, 0.1) is 13.8 Å². The first-order chi connectivity index (χ1) is 15.4. The Kier molecular flexibility index (Phi) is 6.46. The van der Waals surface area contributed by atoms with Crippen molar-refractivity contribution in [3.63, 3.8) is 0 Å². The minimum absolute atomic E-state index is 0.0476. The van der Waals surface area contributed by atoms with Crippen molar-refractivity contribution in [2.24, 2.45) is 0 Å². The van der Waals surface area contributed by atoms with Crippen LogP contribution < -0.4 is 4.74 Å². The van der Waals surface area contributed by atoms with Gasteiger partial charge in [0.15, 0.2) is 0 Å². The van der Waals surface area contributed by atoms with Crippen LogP contribution in [0.3, 0.4) is 0 Å². The standard InChI is InChI=1S/C24H24ClN3O4/c1-16-22(17(2)32-26-16)15-31-21-9-5-19(6-10-21)24(30)28-13-11-27(12-14-28)23(29)18-3-7-20(25)8-4-18/h3-10H,11-15H2,1-2H3. The van der Waals surface area contributed by atoms with Crippen LogP contribution in [0.15, 0.2) is 53.1 Å². The molecule has 0 bridgehead atoms. The molecule has 32 heavy (non-hydrogen) atoms. The molecule has 0 spiro atoms. The maximum Gasteiger partial charge on any atom is 0.253 e. The van der Waals surface area contributed by atoms with Crippen LogP contribution in [0.2, 0.25) is 5.02 Å². The highest BCUT2D eigenvalue weighted by atomic mass is 35.5. The second-order valence-electron chi connectivity index (χ2n) is 7.71. The topological polar surface area (TPSA) is 75.9 Å². The average Bonchev–Trinajstić information content (AvgIpc) is 3.15. The zero-order chi connectivity index (χ0) is 22.7. The Morgan fingerprint density at radius 2 is 1.41 bits per heavy atom. The number of piperazine rings is 1. The average molecular weight is 454 g/mol. The van der Waals surface area contributed by atoms with Crippen molar-refractivity contribution in [3.05, 3.63) is 81.7 Å². The molecule has 0 saturated carbocycles. The Morgan fingerprint density at radius 1 is 0.906 bits per heavy atom. The Morgan fingerprint density at radius 3 is 1.88 bits per heavy atom. The number of benzene rings is 2. The molecule has 0 radical (unpaired) electrons. The summed E-state index contributed by atoms with van der Waals surface area (Å²) in [5, 5.41) is 4.51. The fourth-order valence-corrected chi connectivity index (χ4v) is 3.75. The van der Waals surface area contributed by atoms with Crippen molar-refractivity contribution in [3.8, 4) is 5.75 Å². The third-order valence-electron chi connectivity index (χ3n) is 5.61. The second kappa shape index (κ2) is 9.44. The van der Waals surface area contributed by atoms with Crippen molar-refractivity contribution in [1.82, 2.24) is 15.0 Å². The van der Waals surface area contributed by atoms with Gasteiger partial charge in [-0.2, -0.15) is 0 Å². The van der Waals surface area contributed by atoms with Gasteiger partial charge in [-0.05, 0) is 62.4 Å². The van der Waals surface area contributed by atoms with Gasteiger partial charge in [0.25, 0.3) is 11.8 Å². The molecule has 1 aromatic heterocycles. The van der Waals surface area contributed by atoms with Crippen molar-refractivity contribution in [2.75, 3.05) is 26.2 Å². The van der Waals surface area contributed by atoms with Gasteiger partial charge in [0.1, 0.15) is 18.1 Å². The van der Waals surface area contributed by atoms with Gasteiger partial charge in [-0.15, -0.1) is 0 Å². The van der Waals surface area contributed by atoms with E-state index in [-0.39, 0.29) is 11.8 Å². The van der Waals surface area contributed by atoms with Gasteiger partial charge in [0.2, 0.25) is 0 Å². The van der Waals surface area contributed by atoms with E-state index < -0.39 is 0 Å². The third kappa shape index (κ3) is 4.78. The molecule has 166 valence electrons. The number of ether oxygens (including phenoxy) is 1. The number of carbonyl (C=O) groups is 2. The summed E-state index contributed by atoms with van der Waals surface area (Å²) in [4.78, 5) is 29.0. The molecule has 2 heterocycles. The molecule has 4 rings (SSSR count). The molecule has 3 aromatic rings. The monoisotopic (exact) mass is 453 g/mol. The smallest absolute Gasteiger partial charge is 0.253 e. The molecular weight excluding hydrogens is 430 g/mol. The van der Waals surface area contributed by atoms with E-state index in [0.29, 0.717) is 54.7 Å². The van der Waals surface area contributed by atoms with Crippen molar-refractivity contribution < 1.29 is 18.8 Å². The Labute approximate surface area is 191 Å². The van der Waals surface area contributed by atoms with E-state index in [1.165, 1.54) is 0 Å². The zero-order valence-corrected chi connectivity index (χ0v) is 18.8. The quantitative estimate of drug-likeness (QED) is 0.580. The zero-order valence-electron chi connectivity index (χ0n) is 18.0. The molecule has 0 N–H and O–H groups in total. The van der Waals surface area contributed by atoms with E-state index in [0.717, 1.165) is 17.0 Å². The van der Waals surface area contributed by atoms with E-state index >= 15 is 0 Å². The number of carbonyl (C=O) groups excluding carboxylic acids is 2. The minimum Gasteiger partial charge on any atom is -0.489 e. The molecule has 0 unspecified atom stereocenters. The van der Waals surface area contributed by atoms with Gasteiger partial charge in [-0.25, -0.2) is 0 Å². The molecular formula is C24H24ClN3O4. The second-order valence-corrected chi connectivity index (χ2v) is 8.14. The lowest BCUT2D eigenvalue weighted by molar-refractivity contribution is 0.0535. The first kappa shape index (κ1) is 21.9. The lowest BCUT2D eigenvalue weighted by Gasteiger charge is -2.35. The molecule has 1 aliphatic heterocycles. The highest BCUT2D eigenvalue weighted by molar-refractivity contribution is 6.30. The van der Waals surface area contributed by atoms with Crippen LogP contribution >= 0.6 is 11.6 Å². The van der Waals surface area contributed by atoms with Crippen molar-refractivity contribution in [2.45, 2.75) is 20.5 Å². The fraction of sp³-hybridized carbons (Fsp3) is 0.292. The Bertz CT molecular complexity index is 1080. The third-order valence-corrected chi connectivity index (χ3v) is 5.86. The molecule has 1 fully saturated rings. The molecule has 2 aromatic carbocycles. The first-order valence-corrected chi connectivity index (χ1v) is 10.8. The van der Waals surface area contributed by atoms with Gasteiger partial charge in [-0.1, -0.05) is 16.8 Å². The van der Waals surface area contributed by atoms with Gasteiger partial charge in [-0.3, -0.25) is 9.59 Å². The summed E-state index contributed by atoms with van der Waals surface area (Å²) in [7, 11) is 0. The molecule has 0 atom stereocenters.